The van der Waals surface area contributed by atoms with Crippen LogP contribution in [0.1, 0.15) is 26.3 Å². The lowest BCUT2D eigenvalue weighted by Gasteiger charge is -2.25. The van der Waals surface area contributed by atoms with Crippen LogP contribution in [0.15, 0.2) is 16.7 Å². The molecule has 0 aliphatic rings. The van der Waals surface area contributed by atoms with Crippen molar-refractivity contribution >= 4 is 27.7 Å². The molecule has 0 fully saturated rings. The lowest BCUT2D eigenvalue weighted by Crippen LogP contribution is -2.45. The van der Waals surface area contributed by atoms with Crippen molar-refractivity contribution in [1.29, 1.82) is 0 Å². The number of carbonyl (C=O) groups excluding carboxylic acids is 1. The van der Waals surface area contributed by atoms with Gasteiger partial charge in [0.2, 0.25) is 5.91 Å². The van der Waals surface area contributed by atoms with E-state index in [2.05, 4.69) is 26.2 Å². The average Bonchev–Trinajstić information content (AvgIpc) is 2.19. The number of aromatic nitrogens is 1. The Morgan fingerprint density at radius 3 is 2.59 bits per heavy atom. The van der Waals surface area contributed by atoms with Gasteiger partial charge >= 0.3 is 0 Å². The molecular formula is C12H18BrN3O. The molecular weight excluding hydrogens is 282 g/mol. The second kappa shape index (κ2) is 5.14. The topological polar surface area (TPSA) is 68.0 Å². The molecule has 1 rings (SSSR count). The third-order valence-electron chi connectivity index (χ3n) is 2.50. The van der Waals surface area contributed by atoms with Crippen molar-refractivity contribution in [3.05, 3.63) is 22.3 Å². The Hall–Kier alpha value is -0.940. The summed E-state index contributed by atoms with van der Waals surface area (Å²) in [5, 5.41) is 2.75. The first-order chi connectivity index (χ1) is 7.71. The van der Waals surface area contributed by atoms with Crippen LogP contribution >= 0.6 is 15.9 Å². The summed E-state index contributed by atoms with van der Waals surface area (Å²) in [5.41, 5.74) is 6.50. The molecule has 0 aliphatic carbocycles. The predicted octanol–water partition coefficient (Wildman–Crippen LogP) is 2.46. The highest BCUT2D eigenvalue weighted by atomic mass is 79.9. The van der Waals surface area contributed by atoms with Crippen LogP contribution in [0.3, 0.4) is 0 Å². The van der Waals surface area contributed by atoms with E-state index in [1.807, 2.05) is 33.8 Å². The minimum absolute atomic E-state index is 0.213. The van der Waals surface area contributed by atoms with E-state index in [1.54, 1.807) is 6.20 Å². The third kappa shape index (κ3) is 3.78. The van der Waals surface area contributed by atoms with E-state index < -0.39 is 6.04 Å². The predicted molar refractivity (Wildman–Crippen MR) is 72.7 cm³/mol. The number of anilines is 1. The van der Waals surface area contributed by atoms with Crippen molar-refractivity contribution < 1.29 is 4.79 Å². The number of aryl methyl sites for hydroxylation is 1. The van der Waals surface area contributed by atoms with Gasteiger partial charge in [-0.2, -0.15) is 0 Å². The van der Waals surface area contributed by atoms with E-state index in [4.69, 9.17) is 5.73 Å². The number of hydrogen-bond acceptors (Lipinski definition) is 3. The zero-order valence-electron chi connectivity index (χ0n) is 10.5. The number of carbonyl (C=O) groups is 1. The Balaban J connectivity index is 2.82. The van der Waals surface area contributed by atoms with Crippen LogP contribution < -0.4 is 11.1 Å². The lowest BCUT2D eigenvalue weighted by atomic mass is 9.87. The Kier molecular flexibility index (Phi) is 4.27. The van der Waals surface area contributed by atoms with E-state index in [1.165, 1.54) is 0 Å². The highest BCUT2D eigenvalue weighted by Crippen LogP contribution is 2.20. The summed E-state index contributed by atoms with van der Waals surface area (Å²) in [5.74, 6) is 0.341. The highest BCUT2D eigenvalue weighted by molar-refractivity contribution is 9.10. The number of nitrogens with two attached hydrogens (primary N) is 1. The van der Waals surface area contributed by atoms with Gasteiger partial charge in [0.25, 0.3) is 0 Å². The fraction of sp³-hybridized carbons (Fsp3) is 0.500. The summed E-state index contributed by atoms with van der Waals surface area (Å²) in [6, 6.07) is 1.33. The highest BCUT2D eigenvalue weighted by Gasteiger charge is 2.27. The van der Waals surface area contributed by atoms with Crippen molar-refractivity contribution in [3.8, 4) is 0 Å². The van der Waals surface area contributed by atoms with Crippen LogP contribution in [-0.2, 0) is 4.79 Å². The molecule has 0 saturated heterocycles. The van der Waals surface area contributed by atoms with Crippen molar-refractivity contribution in [2.45, 2.75) is 33.7 Å². The number of amides is 1. The minimum atomic E-state index is -0.563. The molecule has 1 heterocycles. The fourth-order valence-electron chi connectivity index (χ4n) is 1.26. The summed E-state index contributed by atoms with van der Waals surface area (Å²) >= 11 is 3.32. The molecule has 3 N–H and O–H groups in total. The summed E-state index contributed by atoms with van der Waals surface area (Å²) in [4.78, 5) is 16.1. The molecule has 5 heteroatoms. The molecule has 0 aromatic carbocycles. The smallest absolute Gasteiger partial charge is 0.242 e. The van der Waals surface area contributed by atoms with Gasteiger partial charge in [-0.25, -0.2) is 4.98 Å². The number of nitrogens with one attached hydrogen (secondary N) is 1. The standard InChI is InChI=1S/C12H18BrN3O/c1-7-5-8(13)6-15-10(7)16-11(17)9(14)12(2,3)4/h5-6,9H,14H2,1-4H3,(H,15,16,17)/t9-/m0/s1. The van der Waals surface area contributed by atoms with E-state index in [-0.39, 0.29) is 11.3 Å². The maximum atomic E-state index is 11.9. The molecule has 1 aromatic rings. The van der Waals surface area contributed by atoms with Crippen LogP contribution in [0.25, 0.3) is 0 Å². The van der Waals surface area contributed by atoms with Crippen LogP contribution in [0.2, 0.25) is 0 Å². The van der Waals surface area contributed by atoms with Crippen molar-refractivity contribution in [2.75, 3.05) is 5.32 Å². The molecule has 94 valence electrons. The van der Waals surface area contributed by atoms with Gasteiger partial charge in [-0.3, -0.25) is 4.79 Å². The second-order valence-electron chi connectivity index (χ2n) is 5.15. The van der Waals surface area contributed by atoms with Gasteiger partial charge in [0.05, 0.1) is 6.04 Å². The van der Waals surface area contributed by atoms with Crippen molar-refractivity contribution in [2.24, 2.45) is 11.1 Å². The first-order valence-corrected chi connectivity index (χ1v) is 6.19. The molecule has 0 aliphatic heterocycles. The lowest BCUT2D eigenvalue weighted by molar-refractivity contribution is -0.119. The number of rotatable bonds is 2. The molecule has 0 bridgehead atoms. The summed E-state index contributed by atoms with van der Waals surface area (Å²) in [6.45, 7) is 7.67. The van der Waals surface area contributed by atoms with Crippen molar-refractivity contribution in [3.63, 3.8) is 0 Å². The molecule has 4 nitrogen and oxygen atoms in total. The molecule has 17 heavy (non-hydrogen) atoms. The maximum absolute atomic E-state index is 11.9. The Morgan fingerprint density at radius 2 is 2.12 bits per heavy atom. The molecule has 0 unspecified atom stereocenters. The Bertz CT molecular complexity index is 426. The molecule has 1 atom stereocenters. The van der Waals surface area contributed by atoms with Gasteiger partial charge < -0.3 is 11.1 Å². The monoisotopic (exact) mass is 299 g/mol. The Labute approximate surface area is 110 Å². The molecule has 0 saturated carbocycles. The van der Waals surface area contributed by atoms with E-state index in [0.717, 1.165) is 10.0 Å². The van der Waals surface area contributed by atoms with Gasteiger partial charge in [-0.15, -0.1) is 0 Å². The summed E-state index contributed by atoms with van der Waals surface area (Å²) < 4.78 is 0.883. The van der Waals surface area contributed by atoms with Crippen LogP contribution in [-0.4, -0.2) is 16.9 Å². The summed E-state index contributed by atoms with van der Waals surface area (Å²) in [7, 11) is 0. The molecule has 1 amide bonds. The average molecular weight is 300 g/mol. The molecule has 1 aromatic heterocycles. The fourth-order valence-corrected chi connectivity index (χ4v) is 1.70. The van der Waals surface area contributed by atoms with Crippen LogP contribution in [0, 0.1) is 12.3 Å². The third-order valence-corrected chi connectivity index (χ3v) is 2.94. The van der Waals surface area contributed by atoms with E-state index >= 15 is 0 Å². The van der Waals surface area contributed by atoms with Gasteiger partial charge in [0.1, 0.15) is 5.82 Å². The van der Waals surface area contributed by atoms with Gasteiger partial charge in [0.15, 0.2) is 0 Å². The molecule has 0 spiro atoms. The number of nitrogens with zero attached hydrogens (tertiary/aromatic N) is 1. The molecule has 0 radical (unpaired) electrons. The SMILES string of the molecule is Cc1cc(Br)cnc1NC(=O)[C@H](N)C(C)(C)C. The number of pyridine rings is 1. The maximum Gasteiger partial charge on any atom is 0.242 e. The first-order valence-electron chi connectivity index (χ1n) is 5.40. The largest absolute Gasteiger partial charge is 0.319 e. The zero-order chi connectivity index (χ0) is 13.2. The summed E-state index contributed by atoms with van der Waals surface area (Å²) in [6.07, 6.45) is 1.64. The second-order valence-corrected chi connectivity index (χ2v) is 6.07. The normalized spacial score (nSPS) is 13.3. The van der Waals surface area contributed by atoms with Crippen molar-refractivity contribution in [1.82, 2.24) is 4.98 Å². The van der Waals surface area contributed by atoms with Gasteiger partial charge in [-0.05, 0) is 39.9 Å². The number of hydrogen-bond donors (Lipinski definition) is 2. The van der Waals surface area contributed by atoms with Gasteiger partial charge in [-0.1, -0.05) is 20.8 Å². The van der Waals surface area contributed by atoms with Crippen LogP contribution in [0.4, 0.5) is 5.82 Å². The van der Waals surface area contributed by atoms with Gasteiger partial charge in [0, 0.05) is 10.7 Å². The van der Waals surface area contributed by atoms with E-state index in [0.29, 0.717) is 5.82 Å². The first kappa shape index (κ1) is 14.1. The van der Waals surface area contributed by atoms with E-state index in [9.17, 15) is 4.79 Å². The van der Waals surface area contributed by atoms with Crippen LogP contribution in [0.5, 0.6) is 0 Å². The number of halogens is 1. The quantitative estimate of drug-likeness (QED) is 0.881. The Morgan fingerprint density at radius 1 is 1.53 bits per heavy atom. The minimum Gasteiger partial charge on any atom is -0.319 e. The zero-order valence-corrected chi connectivity index (χ0v) is 12.1.